The van der Waals surface area contributed by atoms with Crippen molar-refractivity contribution in [3.8, 4) is 5.75 Å². The Balaban J connectivity index is 1.64. The van der Waals surface area contributed by atoms with Crippen LogP contribution in [0.5, 0.6) is 5.75 Å². The van der Waals surface area contributed by atoms with Crippen molar-refractivity contribution in [1.82, 2.24) is 5.32 Å². The summed E-state index contributed by atoms with van der Waals surface area (Å²) in [4.78, 5) is 10.8. The van der Waals surface area contributed by atoms with Crippen LogP contribution >= 0.6 is 11.8 Å². The number of rotatable bonds is 7. The number of aromatic carboxylic acids is 1. The van der Waals surface area contributed by atoms with Gasteiger partial charge >= 0.3 is 5.97 Å². The standard InChI is InChI=1S/C14H19NO3S/c16-14(17)11-3-1-4-12(9-11)18-7-6-15-10-13-5-2-8-19-13/h1,3-4,9,13,15H,2,5-8,10H2,(H,16,17). The smallest absolute Gasteiger partial charge is 0.335 e. The fourth-order valence-corrected chi connectivity index (χ4v) is 3.26. The number of thioether (sulfide) groups is 1. The summed E-state index contributed by atoms with van der Waals surface area (Å²) in [7, 11) is 0. The van der Waals surface area contributed by atoms with E-state index in [2.05, 4.69) is 5.32 Å². The van der Waals surface area contributed by atoms with Crippen molar-refractivity contribution < 1.29 is 14.6 Å². The van der Waals surface area contributed by atoms with E-state index in [1.807, 2.05) is 11.8 Å². The second-order valence-electron chi connectivity index (χ2n) is 4.52. The van der Waals surface area contributed by atoms with Gasteiger partial charge in [0.15, 0.2) is 0 Å². The van der Waals surface area contributed by atoms with Crippen molar-refractivity contribution in [3.05, 3.63) is 29.8 Å². The first-order valence-corrected chi connectivity index (χ1v) is 7.59. The molecule has 1 aliphatic heterocycles. The second kappa shape index (κ2) is 7.40. The van der Waals surface area contributed by atoms with E-state index in [0.717, 1.165) is 18.3 Å². The van der Waals surface area contributed by atoms with Gasteiger partial charge in [-0.25, -0.2) is 4.79 Å². The molecule has 1 aliphatic rings. The Morgan fingerprint density at radius 1 is 1.53 bits per heavy atom. The number of ether oxygens (including phenoxy) is 1. The molecule has 0 aliphatic carbocycles. The minimum Gasteiger partial charge on any atom is -0.492 e. The van der Waals surface area contributed by atoms with Crippen molar-refractivity contribution in [1.29, 1.82) is 0 Å². The van der Waals surface area contributed by atoms with Crippen LogP contribution in [0.1, 0.15) is 23.2 Å². The van der Waals surface area contributed by atoms with Crippen LogP contribution in [0.3, 0.4) is 0 Å². The molecule has 0 aromatic heterocycles. The Bertz CT molecular complexity index is 419. The quantitative estimate of drug-likeness (QED) is 0.751. The Kier molecular flexibility index (Phi) is 5.54. The molecule has 0 radical (unpaired) electrons. The summed E-state index contributed by atoms with van der Waals surface area (Å²) in [6.45, 7) is 2.37. The molecular weight excluding hydrogens is 262 g/mol. The lowest BCUT2D eigenvalue weighted by Crippen LogP contribution is -2.27. The van der Waals surface area contributed by atoms with E-state index in [0.29, 0.717) is 12.4 Å². The average molecular weight is 281 g/mol. The summed E-state index contributed by atoms with van der Waals surface area (Å²) in [6.07, 6.45) is 2.63. The molecule has 1 aromatic carbocycles. The van der Waals surface area contributed by atoms with Gasteiger partial charge in [-0.3, -0.25) is 0 Å². The summed E-state index contributed by atoms with van der Waals surface area (Å²) in [5.74, 6) is 0.962. The van der Waals surface area contributed by atoms with Gasteiger partial charge in [-0.05, 0) is 36.8 Å². The number of benzene rings is 1. The third-order valence-electron chi connectivity index (χ3n) is 3.02. The molecule has 1 fully saturated rings. The molecule has 0 amide bonds. The number of carboxylic acids is 1. The Hall–Kier alpha value is -1.20. The maximum absolute atomic E-state index is 10.8. The summed E-state index contributed by atoms with van der Waals surface area (Å²) in [5, 5.41) is 13.0. The van der Waals surface area contributed by atoms with Gasteiger partial charge in [-0.15, -0.1) is 0 Å². The lowest BCUT2D eigenvalue weighted by Gasteiger charge is -2.11. The van der Waals surface area contributed by atoms with E-state index in [1.165, 1.54) is 18.6 Å². The summed E-state index contributed by atoms with van der Waals surface area (Å²) in [5.41, 5.74) is 0.257. The molecule has 2 rings (SSSR count). The van der Waals surface area contributed by atoms with E-state index < -0.39 is 5.97 Å². The fraction of sp³-hybridized carbons (Fsp3) is 0.500. The molecular formula is C14H19NO3S. The maximum atomic E-state index is 10.8. The predicted octanol–water partition coefficient (Wildman–Crippen LogP) is 2.25. The predicted molar refractivity (Wildman–Crippen MR) is 77.2 cm³/mol. The van der Waals surface area contributed by atoms with Crippen LogP contribution in [0.4, 0.5) is 0 Å². The highest BCUT2D eigenvalue weighted by molar-refractivity contribution is 8.00. The van der Waals surface area contributed by atoms with Gasteiger partial charge in [-0.1, -0.05) is 6.07 Å². The van der Waals surface area contributed by atoms with Crippen LogP contribution in [-0.2, 0) is 0 Å². The third-order valence-corrected chi connectivity index (χ3v) is 4.42. The molecule has 104 valence electrons. The fourth-order valence-electron chi connectivity index (χ4n) is 2.03. The van der Waals surface area contributed by atoms with E-state index in [4.69, 9.17) is 9.84 Å². The van der Waals surface area contributed by atoms with Crippen molar-refractivity contribution in [2.45, 2.75) is 18.1 Å². The lowest BCUT2D eigenvalue weighted by molar-refractivity contribution is 0.0696. The SMILES string of the molecule is O=C(O)c1cccc(OCCNCC2CCCS2)c1. The van der Waals surface area contributed by atoms with Gasteiger partial charge in [0.1, 0.15) is 12.4 Å². The first-order chi connectivity index (χ1) is 9.25. The molecule has 1 saturated heterocycles. The molecule has 0 bridgehead atoms. The van der Waals surface area contributed by atoms with Gasteiger partial charge in [0.25, 0.3) is 0 Å². The van der Waals surface area contributed by atoms with Gasteiger partial charge in [0.2, 0.25) is 0 Å². The van der Waals surface area contributed by atoms with Crippen LogP contribution in [0.2, 0.25) is 0 Å². The van der Waals surface area contributed by atoms with Crippen LogP contribution in [0.15, 0.2) is 24.3 Å². The second-order valence-corrected chi connectivity index (χ2v) is 5.93. The lowest BCUT2D eigenvalue weighted by atomic mass is 10.2. The third kappa shape index (κ3) is 4.76. The Labute approximate surface area is 117 Å². The number of carbonyl (C=O) groups is 1. The largest absolute Gasteiger partial charge is 0.492 e. The average Bonchev–Trinajstić information content (AvgIpc) is 2.92. The minimum absolute atomic E-state index is 0.257. The molecule has 0 saturated carbocycles. The highest BCUT2D eigenvalue weighted by Gasteiger charge is 2.14. The summed E-state index contributed by atoms with van der Waals surface area (Å²) >= 11 is 2.03. The van der Waals surface area contributed by atoms with Crippen LogP contribution in [-0.4, -0.2) is 41.8 Å². The van der Waals surface area contributed by atoms with Crippen molar-refractivity contribution in [2.75, 3.05) is 25.4 Å². The molecule has 4 nitrogen and oxygen atoms in total. The Morgan fingerprint density at radius 3 is 3.16 bits per heavy atom. The molecule has 2 N–H and O–H groups in total. The van der Waals surface area contributed by atoms with Gasteiger partial charge in [0.05, 0.1) is 5.56 Å². The van der Waals surface area contributed by atoms with Crippen molar-refractivity contribution >= 4 is 17.7 Å². The van der Waals surface area contributed by atoms with E-state index in [9.17, 15) is 4.79 Å². The monoisotopic (exact) mass is 281 g/mol. The topological polar surface area (TPSA) is 58.6 Å². The van der Waals surface area contributed by atoms with Gasteiger partial charge in [-0.2, -0.15) is 11.8 Å². The molecule has 0 spiro atoms. The molecule has 1 aromatic rings. The molecule has 5 heteroatoms. The number of hydrogen-bond acceptors (Lipinski definition) is 4. The van der Waals surface area contributed by atoms with Gasteiger partial charge < -0.3 is 15.2 Å². The summed E-state index contributed by atoms with van der Waals surface area (Å²) in [6, 6.07) is 6.58. The zero-order valence-electron chi connectivity index (χ0n) is 10.8. The zero-order valence-corrected chi connectivity index (χ0v) is 11.6. The highest BCUT2D eigenvalue weighted by atomic mass is 32.2. The highest BCUT2D eigenvalue weighted by Crippen LogP contribution is 2.25. The number of nitrogens with one attached hydrogen (secondary N) is 1. The van der Waals surface area contributed by atoms with E-state index >= 15 is 0 Å². The molecule has 1 unspecified atom stereocenters. The van der Waals surface area contributed by atoms with E-state index in [-0.39, 0.29) is 5.56 Å². The van der Waals surface area contributed by atoms with Crippen molar-refractivity contribution in [2.24, 2.45) is 0 Å². The first-order valence-electron chi connectivity index (χ1n) is 6.54. The molecule has 1 heterocycles. The number of carboxylic acid groups (broad SMARTS) is 1. The van der Waals surface area contributed by atoms with E-state index in [1.54, 1.807) is 24.3 Å². The first kappa shape index (κ1) is 14.2. The zero-order chi connectivity index (χ0) is 13.5. The number of hydrogen-bond donors (Lipinski definition) is 2. The minimum atomic E-state index is -0.929. The maximum Gasteiger partial charge on any atom is 0.335 e. The normalized spacial score (nSPS) is 18.4. The van der Waals surface area contributed by atoms with Crippen LogP contribution < -0.4 is 10.1 Å². The summed E-state index contributed by atoms with van der Waals surface area (Å²) < 4.78 is 5.53. The van der Waals surface area contributed by atoms with Crippen LogP contribution in [0.25, 0.3) is 0 Å². The molecule has 1 atom stereocenters. The van der Waals surface area contributed by atoms with Gasteiger partial charge in [0, 0.05) is 18.3 Å². The molecule has 19 heavy (non-hydrogen) atoms. The van der Waals surface area contributed by atoms with Crippen LogP contribution in [0, 0.1) is 0 Å². The van der Waals surface area contributed by atoms with Crippen molar-refractivity contribution in [3.63, 3.8) is 0 Å². The Morgan fingerprint density at radius 2 is 2.42 bits per heavy atom.